The zero-order chi connectivity index (χ0) is 27.5. The molecule has 1 fully saturated rings. The highest BCUT2D eigenvalue weighted by Gasteiger charge is 2.45. The van der Waals surface area contributed by atoms with Crippen LogP contribution in [0, 0.1) is 0 Å². The Bertz CT molecular complexity index is 1240. The standard InChI is InChI=1S/C31H35N3O6/c35-40-31(27-9-5-2-6-10-27)29(25-7-3-1-4-8-25)32-30(33-31)26-11-13-28(14-12-26)34-15-17-36-19-21-38-23-24-39-22-20-37-18-16-34/h1-14,35H,15-24H2. The van der Waals surface area contributed by atoms with E-state index in [4.69, 9.17) is 33.8 Å². The van der Waals surface area contributed by atoms with Crippen molar-refractivity contribution in [3.8, 4) is 0 Å². The van der Waals surface area contributed by atoms with E-state index in [0.717, 1.165) is 16.8 Å². The molecule has 2 aliphatic rings. The van der Waals surface area contributed by atoms with E-state index in [1.807, 2.05) is 84.9 Å². The van der Waals surface area contributed by atoms with E-state index in [0.29, 0.717) is 83.1 Å². The van der Waals surface area contributed by atoms with Crippen LogP contribution in [-0.2, 0) is 29.6 Å². The third-order valence-electron chi connectivity index (χ3n) is 6.76. The average Bonchev–Trinajstić information content (AvgIpc) is 3.41. The molecule has 1 saturated heterocycles. The first-order valence-electron chi connectivity index (χ1n) is 13.6. The Kier molecular flexibility index (Phi) is 10.0. The molecule has 0 bridgehead atoms. The van der Waals surface area contributed by atoms with Gasteiger partial charge in [-0.2, -0.15) is 4.89 Å². The highest BCUT2D eigenvalue weighted by Crippen LogP contribution is 2.37. The van der Waals surface area contributed by atoms with Crippen molar-refractivity contribution in [3.63, 3.8) is 0 Å². The number of rotatable bonds is 5. The lowest BCUT2D eigenvalue weighted by molar-refractivity contribution is -0.302. The molecule has 3 aromatic rings. The molecule has 0 aliphatic carbocycles. The highest BCUT2D eigenvalue weighted by molar-refractivity contribution is 6.20. The van der Waals surface area contributed by atoms with Gasteiger partial charge in [-0.05, 0) is 24.3 Å². The number of hydrogen-bond acceptors (Lipinski definition) is 9. The van der Waals surface area contributed by atoms with E-state index >= 15 is 0 Å². The van der Waals surface area contributed by atoms with Gasteiger partial charge in [0, 0.05) is 35.5 Å². The van der Waals surface area contributed by atoms with Crippen LogP contribution < -0.4 is 4.90 Å². The fraction of sp³-hybridized carbons (Fsp3) is 0.355. The Balaban J connectivity index is 1.38. The average molecular weight is 546 g/mol. The lowest BCUT2D eigenvalue weighted by Crippen LogP contribution is -2.34. The van der Waals surface area contributed by atoms with Crippen molar-refractivity contribution in [1.29, 1.82) is 0 Å². The van der Waals surface area contributed by atoms with Gasteiger partial charge in [0.2, 0.25) is 0 Å². The summed E-state index contributed by atoms with van der Waals surface area (Å²) in [7, 11) is 0. The largest absolute Gasteiger partial charge is 0.377 e. The van der Waals surface area contributed by atoms with Crippen molar-refractivity contribution >= 4 is 17.2 Å². The Labute approximate surface area is 234 Å². The number of aliphatic imine (C=N–C) groups is 2. The van der Waals surface area contributed by atoms with Crippen molar-refractivity contribution in [3.05, 3.63) is 102 Å². The molecular weight excluding hydrogens is 510 g/mol. The Hall–Kier alpha value is -3.44. The first-order valence-corrected chi connectivity index (χ1v) is 13.6. The predicted octanol–water partition coefficient (Wildman–Crippen LogP) is 4.17. The number of amidine groups is 1. The summed E-state index contributed by atoms with van der Waals surface area (Å²) >= 11 is 0. The molecule has 9 heteroatoms. The number of hydrogen-bond donors (Lipinski definition) is 1. The second kappa shape index (κ2) is 14.3. The molecule has 9 nitrogen and oxygen atoms in total. The summed E-state index contributed by atoms with van der Waals surface area (Å²) in [6.07, 6.45) is 0. The van der Waals surface area contributed by atoms with Gasteiger partial charge in [0.1, 0.15) is 5.71 Å². The minimum absolute atomic E-state index is 0.479. The quantitative estimate of drug-likeness (QED) is 0.380. The van der Waals surface area contributed by atoms with Gasteiger partial charge in [-0.3, -0.25) is 0 Å². The summed E-state index contributed by atoms with van der Waals surface area (Å²) in [4.78, 5) is 17.1. The summed E-state index contributed by atoms with van der Waals surface area (Å²) in [5.74, 6) is 0.479. The van der Waals surface area contributed by atoms with Crippen LogP contribution >= 0.6 is 0 Å². The first-order chi connectivity index (χ1) is 19.8. The molecule has 40 heavy (non-hydrogen) atoms. The van der Waals surface area contributed by atoms with E-state index in [1.165, 1.54) is 0 Å². The smallest absolute Gasteiger partial charge is 0.262 e. The van der Waals surface area contributed by atoms with Gasteiger partial charge in [-0.25, -0.2) is 15.2 Å². The summed E-state index contributed by atoms with van der Waals surface area (Å²) < 4.78 is 22.6. The lowest BCUT2D eigenvalue weighted by Gasteiger charge is -2.25. The monoisotopic (exact) mass is 545 g/mol. The third kappa shape index (κ3) is 6.82. The van der Waals surface area contributed by atoms with Crippen molar-refractivity contribution in [2.24, 2.45) is 9.98 Å². The maximum absolute atomic E-state index is 10.2. The van der Waals surface area contributed by atoms with Gasteiger partial charge in [0.05, 0.1) is 52.9 Å². The van der Waals surface area contributed by atoms with Crippen LogP contribution in [0.2, 0.25) is 0 Å². The molecule has 0 aromatic heterocycles. The zero-order valence-corrected chi connectivity index (χ0v) is 22.5. The van der Waals surface area contributed by atoms with Gasteiger partial charge in [0.15, 0.2) is 5.84 Å². The Morgan fingerprint density at radius 2 is 1.15 bits per heavy atom. The van der Waals surface area contributed by atoms with E-state index in [2.05, 4.69) is 4.90 Å². The number of benzene rings is 3. The summed E-state index contributed by atoms with van der Waals surface area (Å²) in [5.41, 5.74) is 2.40. The lowest BCUT2D eigenvalue weighted by atomic mass is 9.93. The molecule has 0 spiro atoms. The van der Waals surface area contributed by atoms with E-state index in [9.17, 15) is 5.26 Å². The zero-order valence-electron chi connectivity index (χ0n) is 22.5. The molecule has 1 N–H and O–H groups in total. The normalized spacial score (nSPS) is 21.7. The van der Waals surface area contributed by atoms with E-state index in [-0.39, 0.29) is 0 Å². The molecule has 0 saturated carbocycles. The van der Waals surface area contributed by atoms with Crippen LogP contribution in [0.1, 0.15) is 16.7 Å². The Morgan fingerprint density at radius 3 is 1.70 bits per heavy atom. The van der Waals surface area contributed by atoms with Crippen LogP contribution in [0.5, 0.6) is 0 Å². The molecular formula is C31H35N3O6. The fourth-order valence-electron chi connectivity index (χ4n) is 4.68. The third-order valence-corrected chi connectivity index (χ3v) is 6.76. The van der Waals surface area contributed by atoms with Gasteiger partial charge in [0.25, 0.3) is 5.72 Å². The van der Waals surface area contributed by atoms with Crippen LogP contribution in [0.3, 0.4) is 0 Å². The second-order valence-corrected chi connectivity index (χ2v) is 9.35. The second-order valence-electron chi connectivity index (χ2n) is 9.35. The van der Waals surface area contributed by atoms with E-state index in [1.54, 1.807) is 0 Å². The van der Waals surface area contributed by atoms with E-state index < -0.39 is 5.72 Å². The highest BCUT2D eigenvalue weighted by atomic mass is 17.1. The minimum atomic E-state index is -1.47. The summed E-state index contributed by atoms with van der Waals surface area (Å²) in [6.45, 7) is 5.87. The number of ether oxygens (including phenoxy) is 4. The molecule has 210 valence electrons. The topological polar surface area (TPSA) is 94.3 Å². The predicted molar refractivity (Wildman–Crippen MR) is 153 cm³/mol. The number of anilines is 1. The van der Waals surface area contributed by atoms with Gasteiger partial charge in [-0.1, -0.05) is 60.7 Å². The molecule has 1 atom stereocenters. The Morgan fingerprint density at radius 1 is 0.625 bits per heavy atom. The van der Waals surface area contributed by atoms with Gasteiger partial charge in [-0.15, -0.1) is 0 Å². The van der Waals surface area contributed by atoms with Crippen LogP contribution in [0.15, 0.2) is 94.9 Å². The molecule has 1 unspecified atom stereocenters. The maximum Gasteiger partial charge on any atom is 0.262 e. The fourth-order valence-corrected chi connectivity index (χ4v) is 4.68. The van der Waals surface area contributed by atoms with Crippen LogP contribution in [0.4, 0.5) is 5.69 Å². The van der Waals surface area contributed by atoms with Crippen molar-refractivity contribution in [2.45, 2.75) is 5.72 Å². The van der Waals surface area contributed by atoms with Crippen molar-refractivity contribution in [1.82, 2.24) is 0 Å². The number of nitrogens with zero attached hydrogens (tertiary/aromatic N) is 3. The first kappa shape index (κ1) is 28.1. The molecule has 2 aliphatic heterocycles. The molecule has 5 rings (SSSR count). The summed E-state index contributed by atoms with van der Waals surface area (Å²) in [6, 6.07) is 27.1. The van der Waals surface area contributed by atoms with Gasteiger partial charge < -0.3 is 23.8 Å². The molecule has 0 radical (unpaired) electrons. The van der Waals surface area contributed by atoms with Crippen molar-refractivity contribution in [2.75, 3.05) is 70.8 Å². The SMILES string of the molecule is OOC1(c2ccccc2)N=C(c2ccc(N3CCOCCOCCOCCOCC3)cc2)N=C1c1ccccc1. The maximum atomic E-state index is 10.2. The van der Waals surface area contributed by atoms with Crippen LogP contribution in [-0.4, -0.2) is 82.7 Å². The molecule has 3 aromatic carbocycles. The van der Waals surface area contributed by atoms with Gasteiger partial charge >= 0.3 is 0 Å². The van der Waals surface area contributed by atoms with Crippen LogP contribution in [0.25, 0.3) is 0 Å². The molecule has 0 amide bonds. The molecule has 2 heterocycles. The summed E-state index contributed by atoms with van der Waals surface area (Å²) in [5, 5.41) is 10.2. The minimum Gasteiger partial charge on any atom is -0.377 e. The van der Waals surface area contributed by atoms with Crippen molar-refractivity contribution < 1.29 is 29.1 Å².